The molecule has 0 amide bonds. The molecule has 1 aromatic heterocycles. The lowest BCUT2D eigenvalue weighted by Crippen LogP contribution is -2.25. The molecule has 0 saturated heterocycles. The largest absolute Gasteiger partial charge is 0.324 e. The van der Waals surface area contributed by atoms with E-state index in [4.69, 9.17) is 10.8 Å². The minimum Gasteiger partial charge on any atom is -0.324 e. The Kier molecular flexibility index (Phi) is 5.48. The third kappa shape index (κ3) is 3.18. The minimum atomic E-state index is 0.142. The molecular formula is C18H33N3. The van der Waals surface area contributed by atoms with Gasteiger partial charge in [0.15, 0.2) is 0 Å². The molecule has 0 aliphatic heterocycles. The van der Waals surface area contributed by atoms with Crippen molar-refractivity contribution in [2.45, 2.75) is 85.2 Å². The Morgan fingerprint density at radius 2 is 1.86 bits per heavy atom. The molecule has 1 saturated carbocycles. The van der Waals surface area contributed by atoms with Crippen molar-refractivity contribution >= 4 is 0 Å². The topological polar surface area (TPSA) is 43.8 Å². The summed E-state index contributed by atoms with van der Waals surface area (Å²) in [7, 11) is 0. The molecular weight excluding hydrogens is 258 g/mol. The molecule has 2 rings (SSSR count). The number of nitrogens with two attached hydrogens (primary N) is 1. The fourth-order valence-electron chi connectivity index (χ4n) is 3.82. The Morgan fingerprint density at radius 3 is 2.38 bits per heavy atom. The van der Waals surface area contributed by atoms with Crippen LogP contribution >= 0.6 is 0 Å². The van der Waals surface area contributed by atoms with Crippen molar-refractivity contribution in [3.8, 4) is 0 Å². The molecule has 120 valence electrons. The lowest BCUT2D eigenvalue weighted by atomic mass is 9.79. The van der Waals surface area contributed by atoms with Crippen molar-refractivity contribution in [3.05, 3.63) is 17.0 Å². The van der Waals surface area contributed by atoms with E-state index in [1.165, 1.54) is 36.2 Å². The van der Waals surface area contributed by atoms with E-state index in [0.29, 0.717) is 6.04 Å². The summed E-state index contributed by atoms with van der Waals surface area (Å²) in [6.07, 6.45) is 6.87. The molecule has 0 bridgehead atoms. The van der Waals surface area contributed by atoms with Crippen LogP contribution in [0.3, 0.4) is 0 Å². The van der Waals surface area contributed by atoms with Crippen molar-refractivity contribution in [2.24, 2.45) is 17.6 Å². The molecule has 4 unspecified atom stereocenters. The average molecular weight is 291 g/mol. The second-order valence-electron chi connectivity index (χ2n) is 6.89. The van der Waals surface area contributed by atoms with Gasteiger partial charge in [-0.3, -0.25) is 4.68 Å². The van der Waals surface area contributed by atoms with Crippen LogP contribution in [0.5, 0.6) is 0 Å². The van der Waals surface area contributed by atoms with Gasteiger partial charge in [-0.15, -0.1) is 0 Å². The van der Waals surface area contributed by atoms with Crippen LogP contribution in [0, 0.1) is 11.8 Å². The maximum absolute atomic E-state index is 6.39. The van der Waals surface area contributed by atoms with E-state index in [1.807, 2.05) is 0 Å². The Hall–Kier alpha value is -0.830. The molecule has 1 aromatic rings. The second-order valence-corrected chi connectivity index (χ2v) is 6.89. The Balaban J connectivity index is 2.37. The third-order valence-corrected chi connectivity index (χ3v) is 5.52. The van der Waals surface area contributed by atoms with Crippen LogP contribution in [0.25, 0.3) is 0 Å². The van der Waals surface area contributed by atoms with Crippen LogP contribution in [0.2, 0.25) is 0 Å². The summed E-state index contributed by atoms with van der Waals surface area (Å²) in [6.45, 7) is 11.4. The predicted molar refractivity (Wildman–Crippen MR) is 89.4 cm³/mol. The quantitative estimate of drug-likeness (QED) is 0.873. The van der Waals surface area contributed by atoms with E-state index in [9.17, 15) is 0 Å². The number of rotatable bonds is 5. The summed E-state index contributed by atoms with van der Waals surface area (Å²) in [4.78, 5) is 0. The molecule has 1 aliphatic carbocycles. The summed E-state index contributed by atoms with van der Waals surface area (Å²) < 4.78 is 2.35. The Morgan fingerprint density at radius 1 is 1.14 bits per heavy atom. The van der Waals surface area contributed by atoms with Gasteiger partial charge in [-0.2, -0.15) is 5.10 Å². The van der Waals surface area contributed by atoms with Crippen molar-refractivity contribution in [3.63, 3.8) is 0 Å². The van der Waals surface area contributed by atoms with Crippen LogP contribution < -0.4 is 5.73 Å². The smallest absolute Gasteiger partial charge is 0.0672 e. The molecule has 3 nitrogen and oxygen atoms in total. The number of hydrogen-bond donors (Lipinski definition) is 1. The highest BCUT2D eigenvalue weighted by Gasteiger charge is 2.29. The highest BCUT2D eigenvalue weighted by Crippen LogP contribution is 2.38. The predicted octanol–water partition coefficient (Wildman–Crippen LogP) is 4.41. The van der Waals surface area contributed by atoms with E-state index < -0.39 is 0 Å². The number of aryl methyl sites for hydroxylation is 1. The highest BCUT2D eigenvalue weighted by atomic mass is 15.3. The second kappa shape index (κ2) is 6.95. The van der Waals surface area contributed by atoms with Gasteiger partial charge in [-0.1, -0.05) is 34.6 Å². The van der Waals surface area contributed by atoms with Gasteiger partial charge in [0.25, 0.3) is 0 Å². The summed E-state index contributed by atoms with van der Waals surface area (Å²) in [5.74, 6) is 1.65. The van der Waals surface area contributed by atoms with Gasteiger partial charge in [-0.05, 0) is 50.4 Å². The van der Waals surface area contributed by atoms with Crippen molar-refractivity contribution in [1.82, 2.24) is 9.78 Å². The fraction of sp³-hybridized carbons (Fsp3) is 0.833. The van der Waals surface area contributed by atoms with Gasteiger partial charge in [0.05, 0.1) is 11.7 Å². The molecule has 1 fully saturated rings. The van der Waals surface area contributed by atoms with Gasteiger partial charge < -0.3 is 5.73 Å². The van der Waals surface area contributed by atoms with Gasteiger partial charge in [-0.25, -0.2) is 0 Å². The zero-order valence-electron chi connectivity index (χ0n) is 14.5. The monoisotopic (exact) mass is 291 g/mol. The summed E-state index contributed by atoms with van der Waals surface area (Å²) >= 11 is 0. The SMILES string of the molecule is CCc1nn(C2CCC(C)C(C)C2)c(CC)c1C(N)CC. The van der Waals surface area contributed by atoms with Crippen molar-refractivity contribution < 1.29 is 0 Å². The van der Waals surface area contributed by atoms with Crippen LogP contribution in [0.1, 0.15) is 89.3 Å². The summed E-state index contributed by atoms with van der Waals surface area (Å²) in [5.41, 5.74) is 10.4. The van der Waals surface area contributed by atoms with Crippen LogP contribution in [-0.4, -0.2) is 9.78 Å². The first-order valence-corrected chi connectivity index (χ1v) is 8.89. The molecule has 4 atom stereocenters. The molecule has 1 aliphatic rings. The molecule has 2 N–H and O–H groups in total. The van der Waals surface area contributed by atoms with Gasteiger partial charge in [0.1, 0.15) is 0 Å². The number of aromatic nitrogens is 2. The molecule has 21 heavy (non-hydrogen) atoms. The Labute approximate surface area is 130 Å². The zero-order valence-corrected chi connectivity index (χ0v) is 14.5. The first-order chi connectivity index (χ1) is 10.0. The maximum Gasteiger partial charge on any atom is 0.0672 e. The zero-order chi connectivity index (χ0) is 15.6. The third-order valence-electron chi connectivity index (χ3n) is 5.52. The van der Waals surface area contributed by atoms with Crippen LogP contribution in [-0.2, 0) is 12.8 Å². The van der Waals surface area contributed by atoms with Crippen molar-refractivity contribution in [1.29, 1.82) is 0 Å². The highest BCUT2D eigenvalue weighted by molar-refractivity contribution is 5.30. The first kappa shape index (κ1) is 16.5. The lowest BCUT2D eigenvalue weighted by Gasteiger charge is -2.33. The molecule has 0 spiro atoms. The van der Waals surface area contributed by atoms with Crippen molar-refractivity contribution in [2.75, 3.05) is 0 Å². The molecule has 0 aromatic carbocycles. The van der Waals surface area contributed by atoms with Gasteiger partial charge in [0.2, 0.25) is 0 Å². The van der Waals surface area contributed by atoms with E-state index >= 15 is 0 Å². The van der Waals surface area contributed by atoms with E-state index in [1.54, 1.807) is 0 Å². The molecule has 1 heterocycles. The lowest BCUT2D eigenvalue weighted by molar-refractivity contribution is 0.198. The molecule has 0 radical (unpaired) electrons. The van der Waals surface area contributed by atoms with E-state index in [-0.39, 0.29) is 6.04 Å². The van der Waals surface area contributed by atoms with Crippen LogP contribution in [0.4, 0.5) is 0 Å². The Bertz CT molecular complexity index is 463. The minimum absolute atomic E-state index is 0.142. The first-order valence-electron chi connectivity index (χ1n) is 8.89. The van der Waals surface area contributed by atoms with Gasteiger partial charge >= 0.3 is 0 Å². The van der Waals surface area contributed by atoms with Gasteiger partial charge in [0, 0.05) is 17.3 Å². The normalized spacial score (nSPS) is 27.8. The van der Waals surface area contributed by atoms with Crippen LogP contribution in [0.15, 0.2) is 0 Å². The van der Waals surface area contributed by atoms with E-state index in [2.05, 4.69) is 39.3 Å². The van der Waals surface area contributed by atoms with E-state index in [0.717, 1.165) is 31.1 Å². The standard InChI is InChI=1S/C18H33N3/c1-6-15(19)18-16(7-2)20-21(17(18)8-3)14-10-9-12(4)13(5)11-14/h12-15H,6-11,19H2,1-5H3. The maximum atomic E-state index is 6.39. The number of hydrogen-bond acceptors (Lipinski definition) is 2. The average Bonchev–Trinajstić information content (AvgIpc) is 2.87. The fourth-order valence-corrected chi connectivity index (χ4v) is 3.82. The summed E-state index contributed by atoms with van der Waals surface area (Å²) in [5, 5.41) is 4.99. The molecule has 3 heteroatoms. The number of nitrogens with zero attached hydrogens (tertiary/aromatic N) is 2. The summed E-state index contributed by atoms with van der Waals surface area (Å²) in [6, 6.07) is 0.720.